The van der Waals surface area contributed by atoms with Crippen LogP contribution in [0.15, 0.2) is 22.7 Å². The van der Waals surface area contributed by atoms with Crippen LogP contribution in [0.3, 0.4) is 0 Å². The molecule has 1 aromatic carbocycles. The van der Waals surface area contributed by atoms with Crippen molar-refractivity contribution >= 4 is 21.9 Å². The standard InChI is InChI=1S/C16H20BrNO3/c17-13-3-4-15-12(7-13)8-14(21-15)10-18-5-1-2-11(9-18)6-16(19)20/h3-4,7,11,14H,1-2,5-6,8-10H2,(H,19,20). The van der Waals surface area contributed by atoms with E-state index in [2.05, 4.69) is 26.9 Å². The molecule has 2 unspecified atom stereocenters. The van der Waals surface area contributed by atoms with Gasteiger partial charge in [0.05, 0.1) is 0 Å². The summed E-state index contributed by atoms with van der Waals surface area (Å²) in [5, 5.41) is 8.93. The number of rotatable bonds is 4. The Morgan fingerprint density at radius 3 is 3.14 bits per heavy atom. The summed E-state index contributed by atoms with van der Waals surface area (Å²) in [4.78, 5) is 13.2. The monoisotopic (exact) mass is 353 g/mol. The van der Waals surface area contributed by atoms with Gasteiger partial charge in [-0.3, -0.25) is 9.69 Å². The third-order valence-electron chi connectivity index (χ3n) is 4.29. The number of hydrogen-bond donors (Lipinski definition) is 1. The zero-order valence-corrected chi connectivity index (χ0v) is 13.5. The van der Waals surface area contributed by atoms with Gasteiger partial charge in [0.25, 0.3) is 0 Å². The zero-order valence-electron chi connectivity index (χ0n) is 11.9. The predicted octanol–water partition coefficient (Wildman–Crippen LogP) is 2.94. The summed E-state index contributed by atoms with van der Waals surface area (Å²) >= 11 is 3.49. The quantitative estimate of drug-likeness (QED) is 0.903. The number of benzene rings is 1. The Morgan fingerprint density at radius 2 is 2.33 bits per heavy atom. The maximum atomic E-state index is 10.9. The molecule has 1 aromatic rings. The van der Waals surface area contributed by atoms with Gasteiger partial charge in [-0.25, -0.2) is 0 Å². The first-order valence-corrected chi connectivity index (χ1v) is 8.28. The largest absolute Gasteiger partial charge is 0.488 e. The normalized spacial score (nSPS) is 25.4. The Bertz CT molecular complexity index is 534. The number of fused-ring (bicyclic) bond motifs is 1. The summed E-state index contributed by atoms with van der Waals surface area (Å²) in [6, 6.07) is 6.15. The lowest BCUT2D eigenvalue weighted by atomic mass is 9.94. The minimum absolute atomic E-state index is 0.192. The number of carboxylic acids is 1. The second-order valence-corrected chi connectivity index (χ2v) is 6.98. The van der Waals surface area contributed by atoms with Crippen molar-refractivity contribution in [1.29, 1.82) is 0 Å². The maximum absolute atomic E-state index is 10.9. The van der Waals surface area contributed by atoms with Gasteiger partial charge in [0, 0.05) is 30.4 Å². The van der Waals surface area contributed by atoms with Gasteiger partial charge in [0.1, 0.15) is 11.9 Å². The lowest BCUT2D eigenvalue weighted by Crippen LogP contribution is -2.41. The fourth-order valence-electron chi connectivity index (χ4n) is 3.41. The number of aliphatic carboxylic acids is 1. The molecular formula is C16H20BrNO3. The van der Waals surface area contributed by atoms with Gasteiger partial charge in [0.15, 0.2) is 0 Å². The Kier molecular flexibility index (Phi) is 4.50. The van der Waals surface area contributed by atoms with E-state index in [1.54, 1.807) is 0 Å². The SMILES string of the molecule is O=C(O)CC1CCCN(CC2Cc3cc(Br)ccc3O2)C1. The highest BCUT2D eigenvalue weighted by Crippen LogP contribution is 2.32. The Morgan fingerprint density at radius 1 is 1.48 bits per heavy atom. The molecule has 1 N–H and O–H groups in total. The molecule has 0 aliphatic carbocycles. The summed E-state index contributed by atoms with van der Waals surface area (Å²) in [7, 11) is 0. The average molecular weight is 354 g/mol. The van der Waals surface area contributed by atoms with Gasteiger partial charge in [-0.1, -0.05) is 15.9 Å². The van der Waals surface area contributed by atoms with Gasteiger partial charge in [-0.05, 0) is 49.1 Å². The van der Waals surface area contributed by atoms with Crippen LogP contribution in [0.25, 0.3) is 0 Å². The van der Waals surface area contributed by atoms with E-state index in [0.29, 0.717) is 0 Å². The number of piperidine rings is 1. The number of halogens is 1. The Hall–Kier alpha value is -1.07. The van der Waals surface area contributed by atoms with Crippen LogP contribution in [0, 0.1) is 5.92 Å². The molecule has 0 amide bonds. The van der Waals surface area contributed by atoms with Gasteiger partial charge in [-0.15, -0.1) is 0 Å². The molecule has 0 radical (unpaired) electrons. The second kappa shape index (κ2) is 6.36. The molecule has 0 aromatic heterocycles. The van der Waals surface area contributed by atoms with Crippen LogP contribution in [-0.4, -0.2) is 41.7 Å². The molecule has 2 heterocycles. The molecular weight excluding hydrogens is 334 g/mol. The summed E-state index contributed by atoms with van der Waals surface area (Å²) in [6.07, 6.45) is 3.53. The minimum atomic E-state index is -0.684. The van der Waals surface area contributed by atoms with Crippen molar-refractivity contribution in [2.24, 2.45) is 5.92 Å². The van der Waals surface area contributed by atoms with Crippen LogP contribution in [0.2, 0.25) is 0 Å². The van der Waals surface area contributed by atoms with Gasteiger partial charge in [0.2, 0.25) is 0 Å². The van der Waals surface area contributed by atoms with Crippen LogP contribution in [-0.2, 0) is 11.2 Å². The Balaban J connectivity index is 1.55. The van der Waals surface area contributed by atoms with Crippen molar-refractivity contribution in [3.05, 3.63) is 28.2 Å². The van der Waals surface area contributed by atoms with E-state index >= 15 is 0 Å². The summed E-state index contributed by atoms with van der Waals surface area (Å²) < 4.78 is 7.09. The van der Waals surface area contributed by atoms with E-state index in [1.165, 1.54) is 5.56 Å². The average Bonchev–Trinajstić information content (AvgIpc) is 2.79. The number of ether oxygens (including phenoxy) is 1. The molecule has 2 aliphatic heterocycles. The van der Waals surface area contributed by atoms with Crippen molar-refractivity contribution < 1.29 is 14.6 Å². The number of likely N-dealkylation sites (tertiary alicyclic amines) is 1. The fourth-order valence-corrected chi connectivity index (χ4v) is 3.82. The zero-order chi connectivity index (χ0) is 14.8. The van der Waals surface area contributed by atoms with Crippen molar-refractivity contribution in [1.82, 2.24) is 4.90 Å². The number of carboxylic acid groups (broad SMARTS) is 1. The first-order valence-electron chi connectivity index (χ1n) is 7.49. The van der Waals surface area contributed by atoms with Gasteiger partial charge in [-0.2, -0.15) is 0 Å². The molecule has 5 heteroatoms. The van der Waals surface area contributed by atoms with E-state index in [0.717, 1.165) is 49.1 Å². The lowest BCUT2D eigenvalue weighted by Gasteiger charge is -2.33. The molecule has 2 aliphatic rings. The molecule has 0 spiro atoms. The lowest BCUT2D eigenvalue weighted by molar-refractivity contribution is -0.138. The topological polar surface area (TPSA) is 49.8 Å². The minimum Gasteiger partial charge on any atom is -0.488 e. The third-order valence-corrected chi connectivity index (χ3v) is 4.79. The molecule has 0 saturated carbocycles. The van der Waals surface area contributed by atoms with Gasteiger partial charge >= 0.3 is 5.97 Å². The van der Waals surface area contributed by atoms with E-state index in [4.69, 9.17) is 9.84 Å². The summed E-state index contributed by atoms with van der Waals surface area (Å²) in [6.45, 7) is 2.82. The molecule has 1 saturated heterocycles. The van der Waals surface area contributed by atoms with E-state index in [1.807, 2.05) is 12.1 Å². The molecule has 21 heavy (non-hydrogen) atoms. The van der Waals surface area contributed by atoms with Gasteiger partial charge < -0.3 is 9.84 Å². The molecule has 114 valence electrons. The third kappa shape index (κ3) is 3.77. The molecule has 2 atom stereocenters. The van der Waals surface area contributed by atoms with Crippen LogP contribution in [0.5, 0.6) is 5.75 Å². The highest BCUT2D eigenvalue weighted by molar-refractivity contribution is 9.10. The molecule has 3 rings (SSSR count). The number of nitrogens with zero attached hydrogens (tertiary/aromatic N) is 1. The predicted molar refractivity (Wildman–Crippen MR) is 83.7 cm³/mol. The van der Waals surface area contributed by atoms with Crippen LogP contribution in [0.4, 0.5) is 0 Å². The number of hydrogen-bond acceptors (Lipinski definition) is 3. The molecule has 4 nitrogen and oxygen atoms in total. The van der Waals surface area contributed by atoms with Crippen LogP contribution < -0.4 is 4.74 Å². The first-order chi connectivity index (χ1) is 10.1. The second-order valence-electron chi connectivity index (χ2n) is 6.06. The summed E-state index contributed by atoms with van der Waals surface area (Å²) in [5.41, 5.74) is 1.26. The molecule has 0 bridgehead atoms. The van der Waals surface area contributed by atoms with Crippen LogP contribution >= 0.6 is 15.9 Å². The maximum Gasteiger partial charge on any atom is 0.303 e. The molecule has 1 fully saturated rings. The Labute approximate surface area is 133 Å². The van der Waals surface area contributed by atoms with Crippen molar-refractivity contribution in [3.63, 3.8) is 0 Å². The van der Waals surface area contributed by atoms with E-state index in [-0.39, 0.29) is 18.4 Å². The first kappa shape index (κ1) is 14.9. The van der Waals surface area contributed by atoms with E-state index < -0.39 is 5.97 Å². The highest BCUT2D eigenvalue weighted by atomic mass is 79.9. The smallest absolute Gasteiger partial charge is 0.303 e. The summed E-state index contributed by atoms with van der Waals surface area (Å²) in [5.74, 6) is 0.590. The van der Waals surface area contributed by atoms with Crippen molar-refractivity contribution in [2.45, 2.75) is 31.8 Å². The van der Waals surface area contributed by atoms with Crippen molar-refractivity contribution in [3.8, 4) is 5.75 Å². The fraction of sp³-hybridized carbons (Fsp3) is 0.562. The van der Waals surface area contributed by atoms with Crippen molar-refractivity contribution in [2.75, 3.05) is 19.6 Å². The highest BCUT2D eigenvalue weighted by Gasteiger charge is 2.28. The van der Waals surface area contributed by atoms with E-state index in [9.17, 15) is 4.79 Å². The number of carbonyl (C=O) groups is 1. The van der Waals surface area contributed by atoms with Crippen LogP contribution in [0.1, 0.15) is 24.8 Å².